The summed E-state index contributed by atoms with van der Waals surface area (Å²) in [6.07, 6.45) is 11.7. The standard InChI is InChI=1S/C20H27NO2/c1-13-3-4-18(23-13)5-6-19(22)21-14(2)20-10-15-7-16(11-20)9-17(8-15)12-20/h3-6,14-17H,7-12H2,1-2H3,(H,21,22)/b6-5+. The first-order chi connectivity index (χ1) is 11.0. The van der Waals surface area contributed by atoms with Crippen LogP contribution < -0.4 is 5.32 Å². The lowest BCUT2D eigenvalue weighted by Gasteiger charge is -2.59. The van der Waals surface area contributed by atoms with Crippen molar-refractivity contribution >= 4 is 12.0 Å². The Hall–Kier alpha value is -1.51. The van der Waals surface area contributed by atoms with Crippen LogP contribution in [0, 0.1) is 30.1 Å². The van der Waals surface area contributed by atoms with Crippen LogP contribution in [0.2, 0.25) is 0 Å². The molecule has 1 heterocycles. The molecule has 5 rings (SSSR count). The Morgan fingerprint density at radius 3 is 2.35 bits per heavy atom. The molecule has 0 aromatic carbocycles. The van der Waals surface area contributed by atoms with Crippen molar-refractivity contribution < 1.29 is 9.21 Å². The number of carbonyl (C=O) groups excluding carboxylic acids is 1. The molecular weight excluding hydrogens is 286 g/mol. The minimum absolute atomic E-state index is 0.00213. The summed E-state index contributed by atoms with van der Waals surface area (Å²) in [7, 11) is 0. The van der Waals surface area contributed by atoms with E-state index in [-0.39, 0.29) is 11.9 Å². The minimum Gasteiger partial charge on any atom is -0.462 e. The number of amides is 1. The smallest absolute Gasteiger partial charge is 0.244 e. The van der Waals surface area contributed by atoms with Gasteiger partial charge in [0.05, 0.1) is 0 Å². The SMILES string of the molecule is Cc1ccc(/C=C/C(=O)NC(C)C23CC4CC(CC(C4)C2)C3)o1. The van der Waals surface area contributed by atoms with Gasteiger partial charge in [0.2, 0.25) is 5.91 Å². The van der Waals surface area contributed by atoms with Crippen molar-refractivity contribution in [2.75, 3.05) is 0 Å². The van der Waals surface area contributed by atoms with E-state index in [1.54, 1.807) is 12.2 Å². The van der Waals surface area contributed by atoms with Gasteiger partial charge in [0.25, 0.3) is 0 Å². The maximum absolute atomic E-state index is 12.3. The maximum Gasteiger partial charge on any atom is 0.244 e. The van der Waals surface area contributed by atoms with Crippen LogP contribution in [0.15, 0.2) is 22.6 Å². The highest BCUT2D eigenvalue weighted by Crippen LogP contribution is 2.61. The van der Waals surface area contributed by atoms with Gasteiger partial charge in [-0.05, 0) is 93.7 Å². The summed E-state index contributed by atoms with van der Waals surface area (Å²) in [5.41, 5.74) is 0.361. The van der Waals surface area contributed by atoms with E-state index in [9.17, 15) is 4.79 Å². The summed E-state index contributed by atoms with van der Waals surface area (Å²) in [5.74, 6) is 4.36. The lowest BCUT2D eigenvalue weighted by atomic mass is 9.48. The summed E-state index contributed by atoms with van der Waals surface area (Å²) in [6.45, 7) is 4.13. The zero-order chi connectivity index (χ0) is 16.0. The fourth-order valence-electron chi connectivity index (χ4n) is 5.82. The van der Waals surface area contributed by atoms with Crippen LogP contribution in [-0.2, 0) is 4.79 Å². The third-order valence-corrected chi connectivity index (χ3v) is 6.52. The fraction of sp³-hybridized carbons (Fsp3) is 0.650. The molecule has 4 fully saturated rings. The van der Waals surface area contributed by atoms with E-state index in [0.29, 0.717) is 5.41 Å². The Morgan fingerprint density at radius 1 is 1.22 bits per heavy atom. The normalized spacial score (nSPS) is 36.5. The molecule has 4 aliphatic carbocycles. The van der Waals surface area contributed by atoms with E-state index < -0.39 is 0 Å². The summed E-state index contributed by atoms with van der Waals surface area (Å²) >= 11 is 0. The first-order valence-corrected chi connectivity index (χ1v) is 9.07. The van der Waals surface area contributed by atoms with Crippen molar-refractivity contribution in [1.82, 2.24) is 5.32 Å². The zero-order valence-corrected chi connectivity index (χ0v) is 14.2. The monoisotopic (exact) mass is 313 g/mol. The van der Waals surface area contributed by atoms with Crippen molar-refractivity contribution in [1.29, 1.82) is 0 Å². The molecule has 124 valence electrons. The molecule has 1 N–H and O–H groups in total. The predicted molar refractivity (Wildman–Crippen MR) is 90.7 cm³/mol. The third kappa shape index (κ3) is 2.86. The minimum atomic E-state index is 0.00213. The Bertz CT molecular complexity index is 592. The average Bonchev–Trinajstić information content (AvgIpc) is 2.89. The third-order valence-electron chi connectivity index (χ3n) is 6.52. The highest BCUT2D eigenvalue weighted by Gasteiger charge is 2.53. The van der Waals surface area contributed by atoms with Crippen molar-refractivity contribution in [3.05, 3.63) is 29.7 Å². The van der Waals surface area contributed by atoms with E-state index in [4.69, 9.17) is 4.42 Å². The lowest BCUT2D eigenvalue weighted by molar-refractivity contribution is -0.121. The van der Waals surface area contributed by atoms with Gasteiger partial charge in [0.15, 0.2) is 0 Å². The summed E-state index contributed by atoms with van der Waals surface area (Å²) in [4.78, 5) is 12.3. The van der Waals surface area contributed by atoms with Gasteiger partial charge in [-0.2, -0.15) is 0 Å². The predicted octanol–water partition coefficient (Wildman–Crippen LogP) is 4.32. The number of furan rings is 1. The van der Waals surface area contributed by atoms with Crippen LogP contribution in [0.5, 0.6) is 0 Å². The Morgan fingerprint density at radius 2 is 1.83 bits per heavy atom. The summed E-state index contributed by atoms with van der Waals surface area (Å²) < 4.78 is 5.47. The van der Waals surface area contributed by atoms with Crippen molar-refractivity contribution in [2.24, 2.45) is 23.2 Å². The Balaban J connectivity index is 1.40. The molecular formula is C20H27NO2. The van der Waals surface area contributed by atoms with E-state index in [2.05, 4.69) is 12.2 Å². The van der Waals surface area contributed by atoms with Crippen LogP contribution >= 0.6 is 0 Å². The van der Waals surface area contributed by atoms with Crippen molar-refractivity contribution in [3.63, 3.8) is 0 Å². The Labute approximate surface area is 138 Å². The van der Waals surface area contributed by atoms with Gasteiger partial charge in [0, 0.05) is 12.1 Å². The number of nitrogens with one attached hydrogen (secondary N) is 1. The van der Waals surface area contributed by atoms with E-state index in [1.165, 1.54) is 38.5 Å². The first kappa shape index (κ1) is 15.0. The average molecular weight is 313 g/mol. The number of carbonyl (C=O) groups is 1. The molecule has 0 spiro atoms. The van der Waals surface area contributed by atoms with Gasteiger partial charge >= 0.3 is 0 Å². The van der Waals surface area contributed by atoms with Crippen LogP contribution in [0.4, 0.5) is 0 Å². The molecule has 0 radical (unpaired) electrons. The van der Waals surface area contributed by atoms with Gasteiger partial charge in [-0.15, -0.1) is 0 Å². The van der Waals surface area contributed by atoms with Gasteiger partial charge < -0.3 is 9.73 Å². The van der Waals surface area contributed by atoms with Crippen LogP contribution in [0.25, 0.3) is 6.08 Å². The summed E-state index contributed by atoms with van der Waals surface area (Å²) in [6, 6.07) is 4.07. The number of aryl methyl sites for hydroxylation is 1. The second-order valence-corrected chi connectivity index (χ2v) is 8.29. The molecule has 23 heavy (non-hydrogen) atoms. The molecule has 4 aliphatic rings. The molecule has 3 nitrogen and oxygen atoms in total. The number of hydrogen-bond donors (Lipinski definition) is 1. The molecule has 4 saturated carbocycles. The molecule has 0 saturated heterocycles. The fourth-order valence-corrected chi connectivity index (χ4v) is 5.82. The molecule has 1 atom stereocenters. The van der Waals surface area contributed by atoms with Crippen LogP contribution in [0.3, 0.4) is 0 Å². The summed E-state index contributed by atoms with van der Waals surface area (Å²) in [5, 5.41) is 3.25. The number of hydrogen-bond acceptors (Lipinski definition) is 2. The van der Waals surface area contributed by atoms with Crippen molar-refractivity contribution in [2.45, 2.75) is 58.4 Å². The molecule has 1 aromatic rings. The van der Waals surface area contributed by atoms with Gasteiger partial charge in [-0.1, -0.05) is 0 Å². The highest BCUT2D eigenvalue weighted by molar-refractivity contribution is 5.91. The Kier molecular flexibility index (Phi) is 3.62. The quantitative estimate of drug-likeness (QED) is 0.841. The lowest BCUT2D eigenvalue weighted by Crippen LogP contribution is -2.55. The van der Waals surface area contributed by atoms with E-state index in [0.717, 1.165) is 29.3 Å². The van der Waals surface area contributed by atoms with E-state index in [1.807, 2.05) is 19.1 Å². The maximum atomic E-state index is 12.3. The largest absolute Gasteiger partial charge is 0.462 e. The molecule has 1 unspecified atom stereocenters. The van der Waals surface area contributed by atoms with Gasteiger partial charge in [-0.3, -0.25) is 4.79 Å². The van der Waals surface area contributed by atoms with Crippen LogP contribution in [0.1, 0.15) is 57.0 Å². The zero-order valence-electron chi connectivity index (χ0n) is 14.2. The molecule has 3 heteroatoms. The highest BCUT2D eigenvalue weighted by atomic mass is 16.3. The van der Waals surface area contributed by atoms with Crippen molar-refractivity contribution in [3.8, 4) is 0 Å². The second kappa shape index (κ2) is 5.54. The first-order valence-electron chi connectivity index (χ1n) is 9.07. The second-order valence-electron chi connectivity index (χ2n) is 8.29. The van der Waals surface area contributed by atoms with Crippen LogP contribution in [-0.4, -0.2) is 11.9 Å². The topological polar surface area (TPSA) is 42.2 Å². The molecule has 4 bridgehead atoms. The van der Waals surface area contributed by atoms with Gasteiger partial charge in [0.1, 0.15) is 11.5 Å². The molecule has 0 aliphatic heterocycles. The van der Waals surface area contributed by atoms with E-state index >= 15 is 0 Å². The number of rotatable bonds is 4. The van der Waals surface area contributed by atoms with Gasteiger partial charge in [-0.25, -0.2) is 0 Å². The molecule has 1 aromatic heterocycles. The molecule has 1 amide bonds.